The Morgan fingerprint density at radius 2 is 1.18 bits per heavy atom. The number of rotatable bonds is 13. The Bertz CT molecular complexity index is 2600. The number of aliphatic hydroxyl groups is 1. The van der Waals surface area contributed by atoms with Crippen molar-refractivity contribution in [1.29, 1.82) is 0 Å². The first-order chi connectivity index (χ1) is 28.5. The molecule has 0 spiro atoms. The predicted octanol–water partition coefficient (Wildman–Crippen LogP) is 6.35. The maximum absolute atomic E-state index is 14.0. The zero-order valence-electron chi connectivity index (χ0n) is 36.4. The molecule has 324 valence electrons. The van der Waals surface area contributed by atoms with Crippen LogP contribution < -0.4 is 37.3 Å². The molecule has 1 unspecified atom stereocenters. The Balaban J connectivity index is 0.000000248. The van der Waals surface area contributed by atoms with E-state index in [0.717, 1.165) is 29.4 Å². The van der Waals surface area contributed by atoms with Crippen LogP contribution in [0.1, 0.15) is 77.3 Å². The Hall–Kier alpha value is -4.36. The number of carbonyl (C=O) groups excluding carboxylic acids is 1. The monoisotopic (exact) mass is 920 g/mol. The Morgan fingerprint density at radius 3 is 1.65 bits per heavy atom. The van der Waals surface area contributed by atoms with E-state index in [0.29, 0.717) is 40.8 Å². The molecule has 0 saturated heterocycles. The summed E-state index contributed by atoms with van der Waals surface area (Å²) in [5.74, 6) is 0.656. The van der Waals surface area contributed by atoms with E-state index in [-0.39, 0.29) is 87.2 Å². The molecule has 2 saturated carbocycles. The van der Waals surface area contributed by atoms with Crippen molar-refractivity contribution < 1.29 is 45.1 Å². The molecule has 62 heavy (non-hydrogen) atoms. The summed E-state index contributed by atoms with van der Waals surface area (Å²) in [7, 11) is 3.10. The van der Waals surface area contributed by atoms with Crippen molar-refractivity contribution in [3.05, 3.63) is 159 Å². The summed E-state index contributed by atoms with van der Waals surface area (Å²) in [6.07, 6.45) is 11.0. The third-order valence-electron chi connectivity index (χ3n) is 11.4. The molecule has 12 heteroatoms. The van der Waals surface area contributed by atoms with Gasteiger partial charge in [0.05, 0.1) is 43.9 Å². The van der Waals surface area contributed by atoms with E-state index in [9.17, 15) is 28.3 Å². The van der Waals surface area contributed by atoms with E-state index in [1.165, 1.54) is 50.3 Å². The predicted molar refractivity (Wildman–Crippen MR) is 240 cm³/mol. The molecule has 0 amide bonds. The number of hydrogen-bond donors (Lipinski definition) is 1. The number of hydrogen-bond acceptors (Lipinski definition) is 6. The van der Waals surface area contributed by atoms with E-state index < -0.39 is 16.4 Å². The van der Waals surface area contributed by atoms with Gasteiger partial charge in [0.25, 0.3) is 0 Å². The number of benzene rings is 4. The van der Waals surface area contributed by atoms with Gasteiger partial charge < -0.3 is 47.1 Å². The molecular weight excluding hydrogens is 867 g/mol. The summed E-state index contributed by atoms with van der Waals surface area (Å²) in [5.41, 5.74) is 0.736. The first kappa shape index (κ1) is 50.3. The van der Waals surface area contributed by atoms with Gasteiger partial charge in [-0.1, -0.05) is 52.0 Å². The molecule has 0 radical (unpaired) electrons. The van der Waals surface area contributed by atoms with Gasteiger partial charge in [-0.25, -0.2) is 21.6 Å². The molecule has 2 aliphatic carbocycles. The number of Topliss-reactive ketones (excluding diaryl/α,β-unsaturated/α-hetero) is 1. The van der Waals surface area contributed by atoms with Crippen LogP contribution in [0, 0.1) is 24.0 Å². The second kappa shape index (κ2) is 21.3. The molecule has 8 rings (SSSR count). The number of aromatic nitrogens is 2. The number of fused-ring (bicyclic) bond motifs is 2. The zero-order chi connectivity index (χ0) is 43.2. The van der Waals surface area contributed by atoms with Crippen LogP contribution in [0.3, 0.4) is 0 Å². The van der Waals surface area contributed by atoms with Crippen LogP contribution in [0.25, 0.3) is 21.8 Å². The van der Waals surface area contributed by atoms with Crippen molar-refractivity contribution in [1.82, 2.24) is 9.13 Å². The standard InChI is InChI=1S/C25H28FNO3.C22H22FNO3.C3H5.BrH.Mg/c1-24(2,20-14-18(26)10-11-23(20)30-3)15-25(29,17-8-9-17)16-27-13-12-22(28)19-6-4-5-7-21(19)27;1-22(2,18-12-15(23)8-9-21(18)27-3)13-16(25)14-24-11-10-20(26)17-6-4-5-7-19(17)24;1-2-3-1;;/h4-7,10-14,17,29H,8-9,15-16H2,1-3H3;4-12H,13-14H2,1-3H3;1H,2-3H2;1H;/q;;-1;;+2/p-1. The smallest absolute Gasteiger partial charge is 1.00 e. The van der Waals surface area contributed by atoms with Crippen molar-refractivity contribution in [3.63, 3.8) is 0 Å². The number of pyridine rings is 2. The molecule has 2 fully saturated rings. The van der Waals surface area contributed by atoms with E-state index in [2.05, 4.69) is 6.42 Å². The van der Waals surface area contributed by atoms with Crippen molar-refractivity contribution in [2.75, 3.05) is 14.2 Å². The van der Waals surface area contributed by atoms with Crippen molar-refractivity contribution in [2.24, 2.45) is 5.92 Å². The van der Waals surface area contributed by atoms with Gasteiger partial charge >= 0.3 is 23.1 Å². The van der Waals surface area contributed by atoms with Crippen LogP contribution in [0.15, 0.2) is 119 Å². The van der Waals surface area contributed by atoms with Crippen LogP contribution in [0.5, 0.6) is 11.5 Å². The third kappa shape index (κ3) is 12.4. The number of para-hydroxylation sites is 2. The Labute approximate surface area is 389 Å². The maximum Gasteiger partial charge on any atom is 2.00 e. The zero-order valence-corrected chi connectivity index (χ0v) is 39.4. The number of methoxy groups -OCH3 is 2. The van der Waals surface area contributed by atoms with Gasteiger partial charge in [-0.05, 0) is 91.3 Å². The van der Waals surface area contributed by atoms with Crippen LogP contribution in [-0.2, 0) is 28.7 Å². The summed E-state index contributed by atoms with van der Waals surface area (Å²) in [6, 6.07) is 26.6. The SMILES string of the molecule is COc1ccc(F)cc1C(C)(C)CC(=O)Cn1ccc(=O)c2ccccc21.COc1ccc(F)cc1C(C)(C)CC(O)(Cn1ccc(=O)c2ccccc21)C1CC1.[Br-].[CH-]1CC1.[Mg+2]. The minimum Gasteiger partial charge on any atom is -1.00 e. The third-order valence-corrected chi connectivity index (χ3v) is 11.4. The van der Waals surface area contributed by atoms with Gasteiger partial charge in [0.15, 0.2) is 16.6 Å². The average molecular weight is 922 g/mol. The fourth-order valence-electron chi connectivity index (χ4n) is 8.15. The van der Waals surface area contributed by atoms with E-state index >= 15 is 0 Å². The Kier molecular flexibility index (Phi) is 17.3. The first-order valence-electron chi connectivity index (χ1n) is 20.5. The van der Waals surface area contributed by atoms with Crippen molar-refractivity contribution in [2.45, 2.75) is 95.7 Å². The molecule has 4 aromatic carbocycles. The number of ether oxygens (including phenoxy) is 2. The topological polar surface area (TPSA) is 99.8 Å². The molecule has 2 heterocycles. The average Bonchev–Trinajstić information content (AvgIpc) is 4.13. The van der Waals surface area contributed by atoms with Gasteiger partial charge in [-0.3, -0.25) is 14.4 Å². The van der Waals surface area contributed by atoms with Gasteiger partial charge in [0.1, 0.15) is 23.1 Å². The Morgan fingerprint density at radius 1 is 0.726 bits per heavy atom. The molecule has 0 bridgehead atoms. The van der Waals surface area contributed by atoms with Gasteiger partial charge in [-0.2, -0.15) is 0 Å². The minimum absolute atomic E-state index is 0. The molecule has 0 aliphatic heterocycles. The van der Waals surface area contributed by atoms with Gasteiger partial charge in [0, 0.05) is 58.3 Å². The van der Waals surface area contributed by atoms with Crippen LogP contribution in [-0.4, -0.2) is 62.9 Å². The molecule has 1 N–H and O–H groups in total. The van der Waals surface area contributed by atoms with E-state index in [1.54, 1.807) is 54.4 Å². The maximum atomic E-state index is 14.0. The minimum atomic E-state index is -0.987. The number of halogens is 3. The molecule has 8 nitrogen and oxygen atoms in total. The van der Waals surface area contributed by atoms with Crippen molar-refractivity contribution >= 4 is 50.6 Å². The fourth-order valence-corrected chi connectivity index (χ4v) is 8.15. The van der Waals surface area contributed by atoms with Crippen LogP contribution in [0.4, 0.5) is 8.78 Å². The number of ketones is 1. The molecule has 1 atom stereocenters. The molecule has 2 aromatic heterocycles. The summed E-state index contributed by atoms with van der Waals surface area (Å²) in [4.78, 5) is 37.0. The van der Waals surface area contributed by atoms with E-state index in [1.807, 2.05) is 68.7 Å². The summed E-state index contributed by atoms with van der Waals surface area (Å²) in [6.45, 7) is 8.33. The number of carbonyl (C=O) groups is 1. The number of nitrogens with zero attached hydrogens (tertiary/aromatic N) is 2. The molecule has 2 aliphatic rings. The largest absolute Gasteiger partial charge is 2.00 e. The molecule has 6 aromatic rings. The first-order valence-corrected chi connectivity index (χ1v) is 20.5. The van der Waals surface area contributed by atoms with Crippen molar-refractivity contribution in [3.8, 4) is 11.5 Å². The molecular formula is C50H55BrF2MgN2O6. The van der Waals surface area contributed by atoms with Gasteiger partial charge in [-0.15, -0.1) is 0 Å². The van der Waals surface area contributed by atoms with Crippen LogP contribution >= 0.6 is 0 Å². The normalized spacial score (nSPS) is 14.1. The summed E-state index contributed by atoms with van der Waals surface area (Å²) < 4.78 is 42.3. The van der Waals surface area contributed by atoms with Gasteiger partial charge in [0.2, 0.25) is 0 Å². The second-order valence-corrected chi connectivity index (χ2v) is 17.2. The summed E-state index contributed by atoms with van der Waals surface area (Å²) in [5, 5.41) is 13.1. The second-order valence-electron chi connectivity index (χ2n) is 17.2. The quantitative estimate of drug-likeness (QED) is 0.107. The fraction of sp³-hybridized carbons (Fsp3) is 0.360. The summed E-state index contributed by atoms with van der Waals surface area (Å²) >= 11 is 0. The van der Waals surface area contributed by atoms with E-state index in [4.69, 9.17) is 9.47 Å². The van der Waals surface area contributed by atoms with Crippen LogP contribution in [0.2, 0.25) is 0 Å².